The van der Waals surface area contributed by atoms with Crippen molar-refractivity contribution in [2.45, 2.75) is 89.5 Å². The number of likely N-dealkylation sites (N-methyl/N-ethyl adjacent to an activating group) is 1. The van der Waals surface area contributed by atoms with Crippen molar-refractivity contribution in [3.8, 4) is 22.9 Å². The molecule has 18 nitrogen and oxygen atoms in total. The van der Waals surface area contributed by atoms with Crippen LogP contribution >= 0.6 is 23.2 Å². The van der Waals surface area contributed by atoms with E-state index >= 15 is 4.79 Å². The van der Waals surface area contributed by atoms with E-state index in [-0.39, 0.29) is 73.5 Å². The zero-order valence-corrected chi connectivity index (χ0v) is 51.4. The standard InChI is InChI=1S/C65H73Cl2FN12O6/c1-8-86-56-35-43(63(2,3)4)13-18-48(56)60-72-65(42-11-14-44(66)15-12-42)51-36-45(67)16-20-50(51)64(65,5)80(60)62(83)77-26-24-76(25-27-77)29-31-85-33-32-84-30-21-57(81)74(6)23-28-79-55-40-75(7)61(82)47-19-17-46(68)37-49(47)53-10-9-22-78(53)54-34-41(39-71-59(54)70)58(55)52(38-69)73-79/h11-20,34-37,39,53H,8-10,21-33,40H2,1-7H3,(H2,70,71)/t53-,64-,65-/m1/s1. The summed E-state index contributed by atoms with van der Waals surface area (Å²) in [6.07, 6.45) is 3.24. The lowest BCUT2D eigenvalue weighted by Crippen LogP contribution is -2.66. The first-order valence-corrected chi connectivity index (χ1v) is 30.2. The van der Waals surface area contributed by atoms with Crippen LogP contribution in [0.1, 0.15) is 115 Å². The van der Waals surface area contributed by atoms with Crippen LogP contribution in [0, 0.1) is 17.1 Å². The minimum Gasteiger partial charge on any atom is -0.493 e. The lowest BCUT2D eigenvalue weighted by Gasteiger charge is -2.56. The van der Waals surface area contributed by atoms with Gasteiger partial charge in [0.1, 0.15) is 40.4 Å². The number of aliphatic imine (C=N–C) groups is 1. The molecule has 4 aliphatic heterocycles. The van der Waals surface area contributed by atoms with Crippen molar-refractivity contribution >= 4 is 58.4 Å². The van der Waals surface area contributed by atoms with Gasteiger partial charge in [0.2, 0.25) is 5.91 Å². The average molecular weight is 1210 g/mol. The maximum absolute atomic E-state index is 15.4. The molecule has 5 aliphatic rings. The molecular weight excluding hydrogens is 1130 g/mol. The van der Waals surface area contributed by atoms with Crippen molar-refractivity contribution in [1.82, 2.24) is 39.3 Å². The number of halogens is 3. The first-order valence-electron chi connectivity index (χ1n) is 29.5. The molecule has 0 unspecified atom stereocenters. The number of anilines is 2. The van der Waals surface area contributed by atoms with E-state index in [1.54, 1.807) is 34.8 Å². The number of nitrogens with two attached hydrogens (primary N) is 1. The summed E-state index contributed by atoms with van der Waals surface area (Å²) in [6.45, 7) is 16.4. The van der Waals surface area contributed by atoms with Gasteiger partial charge in [-0.3, -0.25) is 24.1 Å². The van der Waals surface area contributed by atoms with E-state index in [1.807, 2.05) is 71.3 Å². The van der Waals surface area contributed by atoms with Crippen molar-refractivity contribution in [1.29, 1.82) is 5.26 Å². The first-order chi connectivity index (χ1) is 41.3. The molecule has 4 amide bonds. The van der Waals surface area contributed by atoms with E-state index in [4.69, 9.17) is 53.2 Å². The molecule has 0 spiro atoms. The Morgan fingerprint density at radius 1 is 0.895 bits per heavy atom. The third-order valence-corrected chi connectivity index (χ3v) is 18.2. The summed E-state index contributed by atoms with van der Waals surface area (Å²) in [6, 6.07) is 27.7. The molecule has 450 valence electrons. The number of hydrogen-bond donors (Lipinski definition) is 1. The number of ether oxygens (including phenoxy) is 3. The smallest absolute Gasteiger partial charge is 0.326 e. The van der Waals surface area contributed by atoms with Gasteiger partial charge in [-0.05, 0) is 121 Å². The van der Waals surface area contributed by atoms with Crippen LogP contribution in [-0.2, 0) is 43.9 Å². The fraction of sp³-hybridized carbons (Fsp3) is 0.431. The number of benzene rings is 4. The normalized spacial score (nSPS) is 19.9. The number of hydrogen-bond acceptors (Lipinski definition) is 13. The average Bonchev–Trinajstić information content (AvgIpc) is 1.40. The quantitative estimate of drug-likeness (QED) is 0.0904. The van der Waals surface area contributed by atoms with Gasteiger partial charge < -0.3 is 39.5 Å². The molecule has 2 saturated heterocycles. The van der Waals surface area contributed by atoms with Gasteiger partial charge in [-0.2, -0.15) is 10.4 Å². The number of fused-ring (bicyclic) bond motifs is 12. The number of nitrogen functional groups attached to an aromatic ring is 1. The molecule has 6 heterocycles. The number of amidine groups is 1. The topological polar surface area (TPSA) is 191 Å². The Labute approximate surface area is 511 Å². The number of rotatable bonds is 16. The molecule has 4 aromatic carbocycles. The van der Waals surface area contributed by atoms with Gasteiger partial charge in [0.25, 0.3) is 5.91 Å². The second-order valence-electron chi connectivity index (χ2n) is 23.9. The third kappa shape index (κ3) is 10.9. The van der Waals surface area contributed by atoms with Crippen molar-refractivity contribution in [3.63, 3.8) is 0 Å². The Bertz CT molecular complexity index is 3670. The largest absolute Gasteiger partial charge is 0.493 e. The maximum atomic E-state index is 15.4. The molecule has 6 aromatic rings. The molecule has 11 rings (SSSR count). The van der Waals surface area contributed by atoms with E-state index in [0.717, 1.165) is 34.2 Å². The van der Waals surface area contributed by atoms with Crippen LogP contribution < -0.4 is 15.4 Å². The molecule has 2 bridgehead atoms. The highest BCUT2D eigenvalue weighted by Gasteiger charge is 2.71. The fourth-order valence-electron chi connectivity index (χ4n) is 13.1. The van der Waals surface area contributed by atoms with E-state index in [2.05, 4.69) is 60.7 Å². The predicted molar refractivity (Wildman–Crippen MR) is 329 cm³/mol. The van der Waals surface area contributed by atoms with Crippen LogP contribution in [0.15, 0.2) is 96.1 Å². The number of aromatic nitrogens is 3. The zero-order valence-electron chi connectivity index (χ0n) is 49.8. The van der Waals surface area contributed by atoms with Crippen LogP contribution in [0.3, 0.4) is 0 Å². The summed E-state index contributed by atoms with van der Waals surface area (Å²) in [5, 5.41) is 16.3. The Morgan fingerprint density at radius 2 is 1.63 bits per heavy atom. The zero-order chi connectivity index (χ0) is 60.8. The molecule has 2 N–H and O–H groups in total. The summed E-state index contributed by atoms with van der Waals surface area (Å²) >= 11 is 13.2. The molecule has 21 heteroatoms. The van der Waals surface area contributed by atoms with Crippen molar-refractivity contribution in [2.75, 3.05) is 104 Å². The number of amides is 4. The maximum Gasteiger partial charge on any atom is 0.326 e. The second-order valence-corrected chi connectivity index (χ2v) is 24.8. The van der Waals surface area contributed by atoms with Crippen LogP contribution in [0.4, 0.5) is 20.7 Å². The SMILES string of the molecule is CCOc1cc(C(C)(C)C)ccc1C1=N[C@]2(c3ccc(Cl)cc3)c3cc(Cl)ccc3[C@@]2(C)N1C(=O)N1CCN(CCOCCOCCC(=O)N(C)CCn2nc(C#N)c3c2CN(C)C(=O)c2ccc(F)cc2[C@H]2CCCN2c2cc-3cnc2N)CC1. The molecule has 2 fully saturated rings. The van der Waals surface area contributed by atoms with Crippen molar-refractivity contribution < 1.29 is 33.0 Å². The summed E-state index contributed by atoms with van der Waals surface area (Å²) in [5.41, 5.74) is 12.6. The second kappa shape index (κ2) is 24.3. The molecule has 86 heavy (non-hydrogen) atoms. The highest BCUT2D eigenvalue weighted by Crippen LogP contribution is 2.66. The highest BCUT2D eigenvalue weighted by atomic mass is 35.5. The number of pyridine rings is 1. The van der Waals surface area contributed by atoms with Crippen molar-refractivity contribution in [2.24, 2.45) is 4.99 Å². The van der Waals surface area contributed by atoms with Gasteiger partial charge in [0.05, 0.1) is 75.5 Å². The van der Waals surface area contributed by atoms with Crippen molar-refractivity contribution in [3.05, 3.63) is 157 Å². The lowest BCUT2D eigenvalue weighted by atomic mass is 9.54. The molecular formula is C65H73Cl2FN12O6. The fourth-order valence-corrected chi connectivity index (χ4v) is 13.4. The Kier molecular flexibility index (Phi) is 17.0. The molecule has 0 saturated carbocycles. The minimum absolute atomic E-state index is 0.0693. The van der Waals surface area contributed by atoms with Gasteiger partial charge in [-0.15, -0.1) is 0 Å². The molecule has 3 atom stereocenters. The number of carbonyl (C=O) groups is 3. The predicted octanol–water partition coefficient (Wildman–Crippen LogP) is 10.0. The number of nitrogens with zero attached hydrogens (tertiary/aromatic N) is 11. The van der Waals surface area contributed by atoms with Gasteiger partial charge in [-0.25, -0.2) is 19.2 Å². The number of piperazine rings is 1. The monoisotopic (exact) mass is 1210 g/mol. The van der Waals surface area contributed by atoms with Gasteiger partial charge in [-0.1, -0.05) is 68.2 Å². The molecule has 0 radical (unpaired) electrons. The van der Waals surface area contributed by atoms with E-state index in [9.17, 15) is 19.2 Å². The van der Waals surface area contributed by atoms with Gasteiger partial charge in [0.15, 0.2) is 5.69 Å². The number of nitriles is 1. The lowest BCUT2D eigenvalue weighted by molar-refractivity contribution is -0.131. The van der Waals surface area contributed by atoms with E-state index in [0.29, 0.717) is 127 Å². The summed E-state index contributed by atoms with van der Waals surface area (Å²) in [7, 11) is 3.38. The van der Waals surface area contributed by atoms with Crippen LogP contribution in [-0.4, -0.2) is 156 Å². The Morgan fingerprint density at radius 3 is 2.36 bits per heavy atom. The van der Waals surface area contributed by atoms with E-state index in [1.165, 1.54) is 18.2 Å². The summed E-state index contributed by atoms with van der Waals surface area (Å²) < 4.78 is 34.8. The van der Waals surface area contributed by atoms with Gasteiger partial charge in [0, 0.05) is 92.8 Å². The van der Waals surface area contributed by atoms with Crippen LogP contribution in [0.2, 0.25) is 10.0 Å². The van der Waals surface area contributed by atoms with Gasteiger partial charge >= 0.3 is 6.03 Å². The molecule has 2 aromatic heterocycles. The van der Waals surface area contributed by atoms with Crippen LogP contribution in [0.25, 0.3) is 11.1 Å². The van der Waals surface area contributed by atoms with Crippen LogP contribution in [0.5, 0.6) is 5.75 Å². The number of urea groups is 1. The summed E-state index contributed by atoms with van der Waals surface area (Å²) in [4.78, 5) is 64.6. The number of carbonyl (C=O) groups excluding carboxylic acids is 3. The Hall–Kier alpha value is -7.60. The highest BCUT2D eigenvalue weighted by molar-refractivity contribution is 6.31. The van der Waals surface area contributed by atoms with E-state index < -0.39 is 16.9 Å². The summed E-state index contributed by atoms with van der Waals surface area (Å²) in [5.74, 6) is 0.601. The minimum atomic E-state index is -0.984. The molecule has 1 aliphatic carbocycles. The third-order valence-electron chi connectivity index (χ3n) is 17.7. The Balaban J connectivity index is 0.682. The first kappa shape index (κ1) is 60.1.